The van der Waals surface area contributed by atoms with Crippen LogP contribution in [-0.4, -0.2) is 72.5 Å². The van der Waals surface area contributed by atoms with Crippen LogP contribution in [0.2, 0.25) is 0 Å². The van der Waals surface area contributed by atoms with E-state index in [1.165, 1.54) is 0 Å². The van der Waals surface area contributed by atoms with Crippen LogP contribution >= 0.6 is 0 Å². The Balaban J connectivity index is 1.42. The Bertz CT molecular complexity index is 535. The average molecular weight is 316 g/mol. The summed E-state index contributed by atoms with van der Waals surface area (Å²) < 4.78 is 0. The fourth-order valence-electron chi connectivity index (χ4n) is 3.09. The van der Waals surface area contributed by atoms with E-state index in [9.17, 15) is 9.59 Å². The van der Waals surface area contributed by atoms with Gasteiger partial charge in [0.1, 0.15) is 0 Å². The Morgan fingerprint density at radius 1 is 0.870 bits per heavy atom. The summed E-state index contributed by atoms with van der Waals surface area (Å²) in [5, 5.41) is 2.91. The van der Waals surface area contributed by atoms with Crippen molar-refractivity contribution in [1.29, 1.82) is 0 Å². The normalized spacial score (nSPS) is 19.0. The van der Waals surface area contributed by atoms with Gasteiger partial charge in [0.25, 0.3) is 0 Å². The number of urea groups is 1. The molecule has 2 saturated heterocycles. The molecule has 124 valence electrons. The lowest BCUT2D eigenvalue weighted by atomic mass is 10.3. The van der Waals surface area contributed by atoms with Gasteiger partial charge in [-0.15, -0.1) is 0 Å². The van der Waals surface area contributed by atoms with Crippen LogP contribution in [0.15, 0.2) is 30.3 Å². The van der Waals surface area contributed by atoms with Crippen molar-refractivity contribution in [2.24, 2.45) is 0 Å². The van der Waals surface area contributed by atoms with E-state index in [4.69, 9.17) is 0 Å². The fourth-order valence-corrected chi connectivity index (χ4v) is 3.09. The lowest BCUT2D eigenvalue weighted by Crippen LogP contribution is -2.52. The van der Waals surface area contributed by atoms with Crippen LogP contribution in [0, 0.1) is 0 Å². The molecule has 0 aliphatic carbocycles. The second-order valence-corrected chi connectivity index (χ2v) is 6.15. The number of para-hydroxylation sites is 1. The van der Waals surface area contributed by atoms with Gasteiger partial charge in [0, 0.05) is 45.0 Å². The van der Waals surface area contributed by atoms with Crippen molar-refractivity contribution < 1.29 is 9.59 Å². The van der Waals surface area contributed by atoms with Gasteiger partial charge < -0.3 is 15.1 Å². The molecule has 0 bridgehead atoms. The molecule has 2 heterocycles. The van der Waals surface area contributed by atoms with Gasteiger partial charge in [-0.1, -0.05) is 18.2 Å². The van der Waals surface area contributed by atoms with E-state index in [0.29, 0.717) is 19.6 Å². The monoisotopic (exact) mass is 316 g/mol. The number of rotatable bonds is 3. The van der Waals surface area contributed by atoms with Gasteiger partial charge in [0.05, 0.1) is 6.54 Å². The van der Waals surface area contributed by atoms with Crippen molar-refractivity contribution in [3.63, 3.8) is 0 Å². The number of carbonyl (C=O) groups excluding carboxylic acids is 2. The van der Waals surface area contributed by atoms with Crippen molar-refractivity contribution in [3.8, 4) is 0 Å². The minimum absolute atomic E-state index is 0.0679. The number of hydrogen-bond donors (Lipinski definition) is 1. The Hall–Kier alpha value is -2.08. The van der Waals surface area contributed by atoms with Crippen LogP contribution in [-0.2, 0) is 4.79 Å². The van der Waals surface area contributed by atoms with E-state index in [2.05, 4.69) is 10.2 Å². The Morgan fingerprint density at radius 2 is 1.52 bits per heavy atom. The molecule has 0 aromatic heterocycles. The number of hydrogen-bond acceptors (Lipinski definition) is 3. The van der Waals surface area contributed by atoms with Gasteiger partial charge in [-0.2, -0.15) is 0 Å². The summed E-state index contributed by atoms with van der Waals surface area (Å²) in [7, 11) is 0. The molecule has 0 radical (unpaired) electrons. The third kappa shape index (κ3) is 4.22. The Kier molecular flexibility index (Phi) is 5.12. The maximum atomic E-state index is 12.2. The minimum atomic E-state index is -0.0679. The summed E-state index contributed by atoms with van der Waals surface area (Å²) in [5.41, 5.74) is 0.809. The molecule has 2 aliphatic heterocycles. The van der Waals surface area contributed by atoms with Gasteiger partial charge in [-0.25, -0.2) is 4.79 Å². The van der Waals surface area contributed by atoms with Crippen LogP contribution in [0.3, 0.4) is 0 Å². The highest BCUT2D eigenvalue weighted by molar-refractivity contribution is 5.89. The molecule has 1 aromatic rings. The lowest BCUT2D eigenvalue weighted by Gasteiger charge is -2.34. The van der Waals surface area contributed by atoms with Crippen LogP contribution in [0.4, 0.5) is 10.5 Å². The number of nitrogens with one attached hydrogen (secondary N) is 1. The molecule has 1 N–H and O–H groups in total. The molecule has 6 nitrogen and oxygen atoms in total. The molecule has 1 aromatic carbocycles. The number of piperazine rings is 1. The summed E-state index contributed by atoms with van der Waals surface area (Å²) in [4.78, 5) is 30.3. The largest absolute Gasteiger partial charge is 0.342 e. The second-order valence-electron chi connectivity index (χ2n) is 6.15. The molecule has 0 atom stereocenters. The van der Waals surface area contributed by atoms with Crippen molar-refractivity contribution in [2.75, 3.05) is 51.1 Å². The van der Waals surface area contributed by atoms with Gasteiger partial charge in [-0.3, -0.25) is 9.69 Å². The SMILES string of the molecule is O=C(CN1CCN(C(=O)Nc2ccccc2)CC1)N1CCCC1. The highest BCUT2D eigenvalue weighted by Crippen LogP contribution is 2.11. The predicted molar refractivity (Wildman–Crippen MR) is 89.3 cm³/mol. The zero-order chi connectivity index (χ0) is 16.1. The maximum absolute atomic E-state index is 12.2. The summed E-state index contributed by atoms with van der Waals surface area (Å²) in [6, 6.07) is 9.41. The van der Waals surface area contributed by atoms with E-state index in [-0.39, 0.29) is 11.9 Å². The van der Waals surface area contributed by atoms with E-state index in [0.717, 1.165) is 44.7 Å². The number of carbonyl (C=O) groups is 2. The Labute approximate surface area is 137 Å². The first-order valence-corrected chi connectivity index (χ1v) is 8.33. The zero-order valence-corrected chi connectivity index (χ0v) is 13.4. The summed E-state index contributed by atoms with van der Waals surface area (Å²) >= 11 is 0. The van der Waals surface area contributed by atoms with E-state index in [1.807, 2.05) is 40.1 Å². The van der Waals surface area contributed by atoms with E-state index >= 15 is 0 Å². The molecule has 6 heteroatoms. The highest BCUT2D eigenvalue weighted by Gasteiger charge is 2.25. The molecule has 0 saturated carbocycles. The van der Waals surface area contributed by atoms with Crippen LogP contribution < -0.4 is 5.32 Å². The molecule has 3 rings (SSSR count). The molecule has 23 heavy (non-hydrogen) atoms. The van der Waals surface area contributed by atoms with Crippen LogP contribution in [0.5, 0.6) is 0 Å². The fraction of sp³-hybridized carbons (Fsp3) is 0.529. The quantitative estimate of drug-likeness (QED) is 0.918. The highest BCUT2D eigenvalue weighted by atomic mass is 16.2. The van der Waals surface area contributed by atoms with Gasteiger partial charge in [-0.05, 0) is 25.0 Å². The predicted octanol–water partition coefficient (Wildman–Crippen LogP) is 1.46. The number of anilines is 1. The van der Waals surface area contributed by atoms with Gasteiger partial charge in [0.15, 0.2) is 0 Å². The maximum Gasteiger partial charge on any atom is 0.321 e. The lowest BCUT2D eigenvalue weighted by molar-refractivity contribution is -0.131. The van der Waals surface area contributed by atoms with Crippen molar-refractivity contribution >= 4 is 17.6 Å². The molecule has 0 unspecified atom stereocenters. The first kappa shape index (κ1) is 15.8. The summed E-state index contributed by atoms with van der Waals surface area (Å²) in [6.45, 7) is 5.10. The average Bonchev–Trinajstić information content (AvgIpc) is 3.11. The van der Waals surface area contributed by atoms with E-state index in [1.54, 1.807) is 0 Å². The number of nitrogens with zero attached hydrogens (tertiary/aromatic N) is 3. The molecular weight excluding hydrogens is 292 g/mol. The summed E-state index contributed by atoms with van der Waals surface area (Å²) in [6.07, 6.45) is 2.25. The van der Waals surface area contributed by atoms with Crippen molar-refractivity contribution in [3.05, 3.63) is 30.3 Å². The first-order valence-electron chi connectivity index (χ1n) is 8.33. The third-order valence-corrected chi connectivity index (χ3v) is 4.50. The topological polar surface area (TPSA) is 55.9 Å². The number of benzene rings is 1. The van der Waals surface area contributed by atoms with Crippen molar-refractivity contribution in [1.82, 2.24) is 14.7 Å². The standard InChI is InChI=1S/C17H24N4O2/c22-16(20-8-4-5-9-20)14-19-10-12-21(13-11-19)17(23)18-15-6-2-1-3-7-15/h1-3,6-7H,4-5,8-14H2,(H,18,23). The summed E-state index contributed by atoms with van der Waals surface area (Å²) in [5.74, 6) is 0.227. The van der Waals surface area contributed by atoms with Crippen LogP contribution in [0.1, 0.15) is 12.8 Å². The first-order chi connectivity index (χ1) is 11.2. The molecule has 0 spiro atoms. The Morgan fingerprint density at radius 3 is 2.17 bits per heavy atom. The minimum Gasteiger partial charge on any atom is -0.342 e. The zero-order valence-electron chi connectivity index (χ0n) is 13.4. The molecule has 2 fully saturated rings. The number of likely N-dealkylation sites (tertiary alicyclic amines) is 1. The smallest absolute Gasteiger partial charge is 0.321 e. The molecule has 3 amide bonds. The molecule has 2 aliphatic rings. The third-order valence-electron chi connectivity index (χ3n) is 4.50. The second kappa shape index (κ2) is 7.46. The van der Waals surface area contributed by atoms with Crippen molar-refractivity contribution in [2.45, 2.75) is 12.8 Å². The van der Waals surface area contributed by atoms with Gasteiger partial charge in [0.2, 0.25) is 5.91 Å². The molecular formula is C17H24N4O2. The van der Waals surface area contributed by atoms with E-state index < -0.39 is 0 Å². The van der Waals surface area contributed by atoms with Crippen LogP contribution in [0.25, 0.3) is 0 Å². The number of amides is 3. The van der Waals surface area contributed by atoms with Gasteiger partial charge >= 0.3 is 6.03 Å².